The normalized spacial score (nSPS) is 10.6. The molecule has 2 aromatic carbocycles. The number of hydrogen-bond donors (Lipinski definition) is 1. The molecule has 1 N–H and O–H groups in total. The quantitative estimate of drug-likeness (QED) is 0.473. The van der Waals surface area contributed by atoms with Gasteiger partial charge in [-0.2, -0.15) is 5.10 Å². The summed E-state index contributed by atoms with van der Waals surface area (Å²) in [4.78, 5) is 14.7. The fourth-order valence-corrected chi connectivity index (χ4v) is 3.51. The zero-order valence-electron chi connectivity index (χ0n) is 19.3. The molecule has 3 aromatic rings. The number of urea groups is 1. The van der Waals surface area contributed by atoms with E-state index in [1.807, 2.05) is 73.5 Å². The summed E-state index contributed by atoms with van der Waals surface area (Å²) < 4.78 is 13.5. The lowest BCUT2D eigenvalue weighted by atomic mass is 10.1. The Morgan fingerprint density at radius 1 is 1.03 bits per heavy atom. The Kier molecular flexibility index (Phi) is 8.14. The average Bonchev–Trinajstić information content (AvgIpc) is 3.13. The second-order valence-corrected chi connectivity index (χ2v) is 7.53. The van der Waals surface area contributed by atoms with Crippen LogP contribution in [-0.4, -0.2) is 40.9 Å². The first kappa shape index (κ1) is 23.2. The number of para-hydroxylation sites is 2. The van der Waals surface area contributed by atoms with Crippen molar-refractivity contribution in [1.82, 2.24) is 20.0 Å². The van der Waals surface area contributed by atoms with Crippen LogP contribution in [0.3, 0.4) is 0 Å². The molecule has 0 radical (unpaired) electrons. The first-order valence-corrected chi connectivity index (χ1v) is 11.0. The third kappa shape index (κ3) is 5.41. The summed E-state index contributed by atoms with van der Waals surface area (Å²) in [6.07, 6.45) is 1.74. The highest BCUT2D eigenvalue weighted by molar-refractivity contribution is 5.75. The number of nitrogens with zero attached hydrogens (tertiary/aromatic N) is 3. The largest absolute Gasteiger partial charge is 0.493 e. The first-order chi connectivity index (χ1) is 15.6. The van der Waals surface area contributed by atoms with Crippen LogP contribution < -0.4 is 14.8 Å². The van der Waals surface area contributed by atoms with Crippen molar-refractivity contribution in [2.45, 2.75) is 33.2 Å². The summed E-state index contributed by atoms with van der Waals surface area (Å²) in [7, 11) is 3.46. The Morgan fingerprint density at radius 3 is 2.38 bits per heavy atom. The monoisotopic (exact) mass is 436 g/mol. The summed E-state index contributed by atoms with van der Waals surface area (Å²) in [6, 6.07) is 17.4. The van der Waals surface area contributed by atoms with Crippen LogP contribution >= 0.6 is 0 Å². The number of amides is 2. The molecule has 0 saturated carbocycles. The lowest BCUT2D eigenvalue weighted by molar-refractivity contribution is 0.194. The topological polar surface area (TPSA) is 68.6 Å². The van der Waals surface area contributed by atoms with Crippen molar-refractivity contribution in [1.29, 1.82) is 0 Å². The molecular weight excluding hydrogens is 404 g/mol. The molecule has 3 rings (SSSR count). The average molecular weight is 437 g/mol. The molecule has 0 saturated heterocycles. The molecule has 7 nitrogen and oxygen atoms in total. The van der Waals surface area contributed by atoms with E-state index in [4.69, 9.17) is 14.6 Å². The number of carbonyl (C=O) groups is 1. The highest BCUT2D eigenvalue weighted by Crippen LogP contribution is 2.37. The second-order valence-electron chi connectivity index (χ2n) is 7.53. The molecule has 7 heteroatoms. The van der Waals surface area contributed by atoms with Crippen molar-refractivity contribution >= 4 is 6.03 Å². The molecular formula is C25H32N4O3. The highest BCUT2D eigenvalue weighted by Gasteiger charge is 2.24. The van der Waals surface area contributed by atoms with Gasteiger partial charge in [0.2, 0.25) is 5.88 Å². The van der Waals surface area contributed by atoms with Crippen molar-refractivity contribution in [2.24, 2.45) is 7.05 Å². The van der Waals surface area contributed by atoms with Gasteiger partial charge in [0.05, 0.1) is 19.2 Å². The zero-order valence-corrected chi connectivity index (χ0v) is 19.3. The van der Waals surface area contributed by atoms with E-state index in [2.05, 4.69) is 12.2 Å². The maximum atomic E-state index is 12.8. The Labute approximate surface area is 190 Å². The van der Waals surface area contributed by atoms with Crippen LogP contribution in [0.1, 0.15) is 32.3 Å². The lowest BCUT2D eigenvalue weighted by Gasteiger charge is -2.23. The number of carbonyl (C=O) groups excluding carboxylic acids is 1. The molecule has 0 bridgehead atoms. The van der Waals surface area contributed by atoms with Crippen LogP contribution in [0.15, 0.2) is 54.6 Å². The van der Waals surface area contributed by atoms with Gasteiger partial charge in [-0.25, -0.2) is 9.48 Å². The van der Waals surface area contributed by atoms with Gasteiger partial charge >= 0.3 is 6.03 Å². The molecule has 170 valence electrons. The van der Waals surface area contributed by atoms with E-state index < -0.39 is 0 Å². The van der Waals surface area contributed by atoms with E-state index in [1.54, 1.807) is 11.8 Å². The molecule has 32 heavy (non-hydrogen) atoms. The van der Waals surface area contributed by atoms with E-state index in [1.165, 1.54) is 0 Å². The van der Waals surface area contributed by atoms with Gasteiger partial charge in [-0.1, -0.05) is 56.3 Å². The summed E-state index contributed by atoms with van der Waals surface area (Å²) >= 11 is 0. The first-order valence-electron chi connectivity index (χ1n) is 11.0. The molecule has 0 spiro atoms. The van der Waals surface area contributed by atoms with E-state index >= 15 is 0 Å². The molecule has 0 aliphatic heterocycles. The minimum absolute atomic E-state index is 0.0835. The molecule has 1 heterocycles. The van der Waals surface area contributed by atoms with Crippen LogP contribution in [0.2, 0.25) is 0 Å². The standard InChI is InChI=1S/C25H32N4O3/c1-5-16-26-25(30)29(17-6-2)18-20-23(19-12-8-7-9-13-19)27-28(3)24(20)32-22-15-11-10-14-21(22)31-4/h7-15H,5-6,16-18H2,1-4H3,(H,26,30). The Bertz CT molecular complexity index is 1020. The van der Waals surface area contributed by atoms with Crippen LogP contribution in [0.4, 0.5) is 4.79 Å². The van der Waals surface area contributed by atoms with E-state index in [-0.39, 0.29) is 6.03 Å². The van der Waals surface area contributed by atoms with Crippen molar-refractivity contribution in [2.75, 3.05) is 20.2 Å². The Morgan fingerprint density at radius 2 is 1.72 bits per heavy atom. The number of hydrogen-bond acceptors (Lipinski definition) is 4. The summed E-state index contributed by atoms with van der Waals surface area (Å²) in [5.74, 6) is 1.81. The fraction of sp³-hybridized carbons (Fsp3) is 0.360. The molecule has 0 atom stereocenters. The molecule has 0 unspecified atom stereocenters. The minimum atomic E-state index is -0.0835. The van der Waals surface area contributed by atoms with Crippen LogP contribution in [0.25, 0.3) is 11.3 Å². The van der Waals surface area contributed by atoms with Crippen molar-refractivity contribution < 1.29 is 14.3 Å². The smallest absolute Gasteiger partial charge is 0.317 e. The van der Waals surface area contributed by atoms with E-state index in [0.717, 1.165) is 29.7 Å². The van der Waals surface area contributed by atoms with E-state index in [9.17, 15) is 4.79 Å². The second kappa shape index (κ2) is 11.2. The van der Waals surface area contributed by atoms with Gasteiger partial charge in [0.15, 0.2) is 11.5 Å². The summed E-state index contributed by atoms with van der Waals surface area (Å²) in [6.45, 7) is 5.76. The SMILES string of the molecule is CCCNC(=O)N(CCC)Cc1c(-c2ccccc2)nn(C)c1Oc1ccccc1OC. The fourth-order valence-electron chi connectivity index (χ4n) is 3.51. The maximum absolute atomic E-state index is 12.8. The lowest BCUT2D eigenvalue weighted by Crippen LogP contribution is -2.40. The number of nitrogens with one attached hydrogen (secondary N) is 1. The third-order valence-electron chi connectivity index (χ3n) is 5.07. The number of methoxy groups -OCH3 is 1. The Balaban J connectivity index is 2.05. The Hall–Kier alpha value is -3.48. The van der Waals surface area contributed by atoms with Crippen LogP contribution in [0, 0.1) is 0 Å². The molecule has 1 aromatic heterocycles. The predicted molar refractivity (Wildman–Crippen MR) is 126 cm³/mol. The van der Waals surface area contributed by atoms with Gasteiger partial charge < -0.3 is 19.7 Å². The number of benzene rings is 2. The molecule has 2 amide bonds. The maximum Gasteiger partial charge on any atom is 0.317 e. The van der Waals surface area contributed by atoms with Gasteiger partial charge in [-0.05, 0) is 25.0 Å². The van der Waals surface area contributed by atoms with Gasteiger partial charge in [-0.3, -0.25) is 0 Å². The van der Waals surface area contributed by atoms with Crippen molar-refractivity contribution in [3.05, 3.63) is 60.2 Å². The number of ether oxygens (including phenoxy) is 2. The van der Waals surface area contributed by atoms with Gasteiger partial charge in [0, 0.05) is 25.7 Å². The molecule has 0 aliphatic carbocycles. The van der Waals surface area contributed by atoms with E-state index in [0.29, 0.717) is 37.0 Å². The zero-order chi connectivity index (χ0) is 22.9. The number of aromatic nitrogens is 2. The van der Waals surface area contributed by atoms with Gasteiger partial charge in [0.1, 0.15) is 5.69 Å². The van der Waals surface area contributed by atoms with Gasteiger partial charge in [-0.15, -0.1) is 0 Å². The van der Waals surface area contributed by atoms with Crippen LogP contribution in [0.5, 0.6) is 17.4 Å². The summed E-state index contributed by atoms with van der Waals surface area (Å²) in [5.41, 5.74) is 2.62. The molecule has 0 aliphatic rings. The van der Waals surface area contributed by atoms with Crippen molar-refractivity contribution in [3.63, 3.8) is 0 Å². The highest BCUT2D eigenvalue weighted by atomic mass is 16.5. The third-order valence-corrected chi connectivity index (χ3v) is 5.07. The number of rotatable bonds is 10. The van der Waals surface area contributed by atoms with Gasteiger partial charge in [0.25, 0.3) is 0 Å². The van der Waals surface area contributed by atoms with Crippen molar-refractivity contribution in [3.8, 4) is 28.6 Å². The van der Waals surface area contributed by atoms with Crippen LogP contribution in [-0.2, 0) is 13.6 Å². The predicted octanol–water partition coefficient (Wildman–Crippen LogP) is 5.22. The minimum Gasteiger partial charge on any atom is -0.493 e. The summed E-state index contributed by atoms with van der Waals surface area (Å²) in [5, 5.41) is 7.75. The number of aryl methyl sites for hydroxylation is 1. The molecule has 0 fully saturated rings.